The molecule has 0 aromatic carbocycles. The van der Waals surface area contributed by atoms with Crippen LogP contribution < -0.4 is 5.32 Å². The molecule has 0 spiro atoms. The van der Waals surface area contributed by atoms with Crippen molar-refractivity contribution < 1.29 is 0 Å². The van der Waals surface area contributed by atoms with Crippen molar-refractivity contribution in [3.63, 3.8) is 0 Å². The summed E-state index contributed by atoms with van der Waals surface area (Å²) in [5, 5.41) is 6.33. The second-order valence-electron chi connectivity index (χ2n) is 3.01. The summed E-state index contributed by atoms with van der Waals surface area (Å²) < 4.78 is 0. The summed E-state index contributed by atoms with van der Waals surface area (Å²) in [6.45, 7) is 6.57. The summed E-state index contributed by atoms with van der Waals surface area (Å²) in [5.74, 6) is 0.652. The first-order chi connectivity index (χ1) is 5.20. The second-order valence-corrected chi connectivity index (χ2v) is 3.91. The first-order valence-electron chi connectivity index (χ1n) is 3.86. The molecular weight excluding hydrogens is 156 g/mol. The molecule has 1 aromatic rings. The molecule has 0 bridgehead atoms. The van der Waals surface area contributed by atoms with Crippen molar-refractivity contribution in [1.82, 2.24) is 4.98 Å². The monoisotopic (exact) mass is 170 g/mol. The minimum absolute atomic E-state index is 0.501. The van der Waals surface area contributed by atoms with Gasteiger partial charge in [0.25, 0.3) is 0 Å². The molecule has 1 N–H and O–H groups in total. The molecule has 3 heteroatoms. The third-order valence-corrected chi connectivity index (χ3v) is 2.49. The fourth-order valence-corrected chi connectivity index (χ4v) is 1.28. The molecule has 0 radical (unpaired) electrons. The van der Waals surface area contributed by atoms with Gasteiger partial charge >= 0.3 is 0 Å². The van der Waals surface area contributed by atoms with Crippen molar-refractivity contribution in [2.75, 3.05) is 5.32 Å². The average Bonchev–Trinajstić information content (AvgIpc) is 2.39. The SMILES string of the molecule is CC(C)C(C)Nc1nccs1. The van der Waals surface area contributed by atoms with Crippen molar-refractivity contribution >= 4 is 16.5 Å². The van der Waals surface area contributed by atoms with Gasteiger partial charge in [-0.05, 0) is 12.8 Å². The van der Waals surface area contributed by atoms with Crippen LogP contribution in [0, 0.1) is 5.92 Å². The predicted molar refractivity (Wildman–Crippen MR) is 50.0 cm³/mol. The summed E-state index contributed by atoms with van der Waals surface area (Å²) in [5.41, 5.74) is 0. The van der Waals surface area contributed by atoms with Gasteiger partial charge in [0.1, 0.15) is 0 Å². The zero-order chi connectivity index (χ0) is 8.27. The van der Waals surface area contributed by atoms with Crippen LogP contribution >= 0.6 is 11.3 Å². The van der Waals surface area contributed by atoms with Crippen LogP contribution in [-0.2, 0) is 0 Å². The Labute approximate surface area is 71.7 Å². The Hall–Kier alpha value is -0.570. The van der Waals surface area contributed by atoms with Crippen LogP contribution in [0.4, 0.5) is 5.13 Å². The minimum Gasteiger partial charge on any atom is -0.359 e. The van der Waals surface area contributed by atoms with Crippen molar-refractivity contribution in [1.29, 1.82) is 0 Å². The number of hydrogen-bond acceptors (Lipinski definition) is 3. The normalized spacial score (nSPS) is 13.5. The van der Waals surface area contributed by atoms with E-state index in [4.69, 9.17) is 0 Å². The lowest BCUT2D eigenvalue weighted by Crippen LogP contribution is -2.21. The van der Waals surface area contributed by atoms with Crippen LogP contribution in [0.25, 0.3) is 0 Å². The maximum atomic E-state index is 4.15. The zero-order valence-electron chi connectivity index (χ0n) is 7.16. The number of anilines is 1. The van der Waals surface area contributed by atoms with Gasteiger partial charge in [0.2, 0.25) is 0 Å². The molecule has 62 valence electrons. The van der Waals surface area contributed by atoms with Crippen molar-refractivity contribution in [2.45, 2.75) is 26.8 Å². The van der Waals surface area contributed by atoms with Gasteiger partial charge in [-0.2, -0.15) is 0 Å². The highest BCUT2D eigenvalue weighted by molar-refractivity contribution is 7.13. The average molecular weight is 170 g/mol. The van der Waals surface area contributed by atoms with Crippen LogP contribution in [0.3, 0.4) is 0 Å². The Balaban J connectivity index is 2.43. The van der Waals surface area contributed by atoms with Gasteiger partial charge in [0.15, 0.2) is 5.13 Å². The zero-order valence-corrected chi connectivity index (χ0v) is 7.98. The first kappa shape index (κ1) is 8.53. The van der Waals surface area contributed by atoms with Crippen LogP contribution in [0.1, 0.15) is 20.8 Å². The van der Waals surface area contributed by atoms with Crippen molar-refractivity contribution in [2.24, 2.45) is 5.92 Å². The molecule has 1 aromatic heterocycles. The standard InChI is InChI=1S/C8H14N2S/c1-6(2)7(3)10-8-9-4-5-11-8/h4-7H,1-3H3,(H,9,10). The predicted octanol–water partition coefficient (Wildman–Crippen LogP) is 2.60. The van der Waals surface area contributed by atoms with Crippen LogP contribution in [0.2, 0.25) is 0 Å². The molecule has 0 fully saturated rings. The van der Waals surface area contributed by atoms with Crippen LogP contribution in [0.5, 0.6) is 0 Å². The van der Waals surface area contributed by atoms with E-state index in [1.165, 1.54) is 0 Å². The lowest BCUT2D eigenvalue weighted by molar-refractivity contribution is 0.559. The number of hydrogen-bond donors (Lipinski definition) is 1. The van der Waals surface area contributed by atoms with Gasteiger partial charge in [-0.25, -0.2) is 4.98 Å². The maximum absolute atomic E-state index is 4.15. The van der Waals surface area contributed by atoms with E-state index in [1.807, 2.05) is 11.6 Å². The molecule has 1 unspecified atom stereocenters. The highest BCUT2D eigenvalue weighted by atomic mass is 32.1. The van der Waals surface area contributed by atoms with E-state index in [9.17, 15) is 0 Å². The van der Waals surface area contributed by atoms with Gasteiger partial charge in [0.05, 0.1) is 0 Å². The van der Waals surface area contributed by atoms with E-state index in [0.717, 1.165) is 5.13 Å². The van der Waals surface area contributed by atoms with Gasteiger partial charge in [-0.1, -0.05) is 13.8 Å². The highest BCUT2D eigenvalue weighted by Crippen LogP contribution is 2.14. The molecule has 1 atom stereocenters. The quantitative estimate of drug-likeness (QED) is 0.754. The molecule has 2 nitrogen and oxygen atoms in total. The molecule has 0 aliphatic rings. The summed E-state index contributed by atoms with van der Waals surface area (Å²) >= 11 is 1.65. The molecule has 1 rings (SSSR count). The Morgan fingerprint density at radius 2 is 2.18 bits per heavy atom. The molecule has 0 amide bonds. The van der Waals surface area contributed by atoms with E-state index in [-0.39, 0.29) is 0 Å². The summed E-state index contributed by atoms with van der Waals surface area (Å²) in [6.07, 6.45) is 1.82. The van der Waals surface area contributed by atoms with Crippen molar-refractivity contribution in [3.05, 3.63) is 11.6 Å². The molecular formula is C8H14N2S. The molecule has 0 aliphatic carbocycles. The summed E-state index contributed by atoms with van der Waals surface area (Å²) in [7, 11) is 0. The van der Waals surface area contributed by atoms with Gasteiger partial charge < -0.3 is 5.32 Å². The van der Waals surface area contributed by atoms with Crippen LogP contribution in [-0.4, -0.2) is 11.0 Å². The number of nitrogens with one attached hydrogen (secondary N) is 1. The number of nitrogens with zero attached hydrogens (tertiary/aromatic N) is 1. The van der Waals surface area contributed by atoms with Gasteiger partial charge in [-0.3, -0.25) is 0 Å². The number of thiazole rings is 1. The van der Waals surface area contributed by atoms with E-state index >= 15 is 0 Å². The Morgan fingerprint density at radius 3 is 2.64 bits per heavy atom. The molecule has 0 saturated heterocycles. The lowest BCUT2D eigenvalue weighted by Gasteiger charge is -2.15. The molecule has 0 saturated carbocycles. The van der Waals surface area contributed by atoms with Crippen LogP contribution in [0.15, 0.2) is 11.6 Å². The fourth-order valence-electron chi connectivity index (χ4n) is 0.656. The Morgan fingerprint density at radius 1 is 1.45 bits per heavy atom. The first-order valence-corrected chi connectivity index (χ1v) is 4.74. The smallest absolute Gasteiger partial charge is 0.182 e. The third-order valence-electron chi connectivity index (χ3n) is 1.78. The highest BCUT2D eigenvalue weighted by Gasteiger charge is 2.06. The molecule has 1 heterocycles. The minimum atomic E-state index is 0.501. The van der Waals surface area contributed by atoms with Crippen molar-refractivity contribution in [3.8, 4) is 0 Å². The largest absolute Gasteiger partial charge is 0.359 e. The van der Waals surface area contributed by atoms with E-state index in [2.05, 4.69) is 31.1 Å². The number of aromatic nitrogens is 1. The fraction of sp³-hybridized carbons (Fsp3) is 0.625. The van der Waals surface area contributed by atoms with E-state index in [0.29, 0.717) is 12.0 Å². The second kappa shape index (κ2) is 3.72. The van der Waals surface area contributed by atoms with E-state index in [1.54, 1.807) is 11.3 Å². The number of rotatable bonds is 3. The topological polar surface area (TPSA) is 24.9 Å². The van der Waals surface area contributed by atoms with E-state index < -0.39 is 0 Å². The summed E-state index contributed by atoms with van der Waals surface area (Å²) in [6, 6.07) is 0.501. The molecule has 0 aliphatic heterocycles. The Kier molecular flexibility index (Phi) is 2.88. The lowest BCUT2D eigenvalue weighted by atomic mass is 10.1. The summed E-state index contributed by atoms with van der Waals surface area (Å²) in [4.78, 5) is 4.15. The third kappa shape index (κ3) is 2.50. The Bertz CT molecular complexity index is 194. The maximum Gasteiger partial charge on any atom is 0.182 e. The van der Waals surface area contributed by atoms with Gasteiger partial charge in [0, 0.05) is 17.6 Å². The van der Waals surface area contributed by atoms with Gasteiger partial charge in [-0.15, -0.1) is 11.3 Å². The molecule has 11 heavy (non-hydrogen) atoms.